The third kappa shape index (κ3) is 4.50. The number of hydrogen-bond acceptors (Lipinski definition) is 6. The van der Waals surface area contributed by atoms with Gasteiger partial charge >= 0.3 is 0 Å². The fourth-order valence-electron chi connectivity index (χ4n) is 2.70. The minimum Gasteiger partial charge on any atom is -0.348 e. The maximum Gasteiger partial charge on any atom is 0.236 e. The monoisotopic (exact) mass is 390 g/mol. The molecule has 9 nitrogen and oxygen atoms in total. The number of H-pyrrole nitrogens is 1. The molecule has 0 aliphatic heterocycles. The lowest BCUT2D eigenvalue weighted by Crippen LogP contribution is -2.34. The molecule has 0 saturated heterocycles. The second-order valence-electron chi connectivity index (χ2n) is 5.87. The van der Waals surface area contributed by atoms with Gasteiger partial charge in [-0.3, -0.25) is 14.4 Å². The van der Waals surface area contributed by atoms with Crippen molar-refractivity contribution in [3.05, 3.63) is 42.7 Å². The van der Waals surface area contributed by atoms with Gasteiger partial charge in [0.15, 0.2) is 0 Å². The first-order chi connectivity index (χ1) is 12.6. The summed E-state index contributed by atoms with van der Waals surface area (Å²) in [5, 5.41) is 8.21. The maximum atomic E-state index is 12.9. The van der Waals surface area contributed by atoms with E-state index in [0.717, 1.165) is 11.3 Å². The zero-order chi connectivity index (χ0) is 18.5. The average molecular weight is 391 g/mol. The van der Waals surface area contributed by atoms with Gasteiger partial charge in [0, 0.05) is 36.7 Å². The Morgan fingerprint density at radius 2 is 2.26 bits per heavy atom. The zero-order valence-electron chi connectivity index (χ0n) is 15.2. The first kappa shape index (κ1) is 20.5. The van der Waals surface area contributed by atoms with E-state index in [-0.39, 0.29) is 24.2 Å². The number of imidazole rings is 1. The van der Waals surface area contributed by atoms with Crippen LogP contribution in [0, 0.1) is 0 Å². The molecule has 3 aromatic heterocycles. The number of amides is 1. The first-order valence-corrected chi connectivity index (χ1v) is 8.50. The topological polar surface area (TPSA) is 119 Å². The van der Waals surface area contributed by atoms with Crippen molar-refractivity contribution in [3.8, 4) is 11.3 Å². The van der Waals surface area contributed by atoms with Crippen molar-refractivity contribution in [2.45, 2.75) is 26.3 Å². The lowest BCUT2D eigenvalue weighted by molar-refractivity contribution is -0.119. The molecule has 0 bridgehead atoms. The van der Waals surface area contributed by atoms with Crippen LogP contribution in [0.15, 0.2) is 37.1 Å². The van der Waals surface area contributed by atoms with E-state index in [0.29, 0.717) is 31.1 Å². The van der Waals surface area contributed by atoms with Gasteiger partial charge in [0.1, 0.15) is 11.5 Å². The van der Waals surface area contributed by atoms with Gasteiger partial charge in [-0.15, -0.1) is 17.5 Å². The summed E-state index contributed by atoms with van der Waals surface area (Å²) in [6, 6.07) is 3.69. The first-order valence-electron chi connectivity index (χ1n) is 8.50. The van der Waals surface area contributed by atoms with Crippen LogP contribution in [0.3, 0.4) is 0 Å². The van der Waals surface area contributed by atoms with Crippen molar-refractivity contribution < 1.29 is 4.79 Å². The molecular formula is C17H23ClN8O. The van der Waals surface area contributed by atoms with Crippen LogP contribution in [0.1, 0.15) is 25.5 Å². The summed E-state index contributed by atoms with van der Waals surface area (Å²) >= 11 is 0. The van der Waals surface area contributed by atoms with Crippen LogP contribution in [0.5, 0.6) is 0 Å². The fourth-order valence-corrected chi connectivity index (χ4v) is 2.70. The Morgan fingerprint density at radius 3 is 2.93 bits per heavy atom. The molecule has 3 aromatic rings. The Morgan fingerprint density at radius 1 is 1.44 bits per heavy atom. The fraction of sp³-hybridized carbons (Fsp3) is 0.353. The number of carbonyl (C=O) groups is 1. The van der Waals surface area contributed by atoms with Crippen LogP contribution < -0.4 is 10.6 Å². The number of likely N-dealkylation sites (N-methyl/N-ethyl adjacent to an activating group) is 1. The van der Waals surface area contributed by atoms with Gasteiger partial charge < -0.3 is 10.7 Å². The molecule has 0 aliphatic carbocycles. The molecular weight excluding hydrogens is 368 g/mol. The standard InChI is InChI=1S/C17H22N8O.ClH/c1-3-25(17(26)12(2)14-9-19-11-21-14)16-8-13(4-6-20-16)15-10-24(7-5-18)23-22-15;/h4,6,8-12H,3,5,7,18H2,1-2H3,(H,19,21);1H. The summed E-state index contributed by atoms with van der Waals surface area (Å²) in [6.45, 7) is 5.37. The highest BCUT2D eigenvalue weighted by molar-refractivity contribution is 5.97. The summed E-state index contributed by atoms with van der Waals surface area (Å²) in [4.78, 5) is 25.9. The molecule has 3 N–H and O–H groups in total. The van der Waals surface area contributed by atoms with Crippen LogP contribution >= 0.6 is 12.4 Å². The predicted molar refractivity (Wildman–Crippen MR) is 105 cm³/mol. The number of pyridine rings is 1. The third-order valence-corrected chi connectivity index (χ3v) is 4.15. The summed E-state index contributed by atoms with van der Waals surface area (Å²) < 4.78 is 1.69. The van der Waals surface area contributed by atoms with Gasteiger partial charge in [-0.1, -0.05) is 5.21 Å². The summed E-state index contributed by atoms with van der Waals surface area (Å²) in [7, 11) is 0. The SMILES string of the molecule is CCN(C(=O)C(C)c1cnc[nH]1)c1cc(-c2cn(CCN)nn2)ccn1.Cl. The minimum absolute atomic E-state index is 0. The molecule has 0 aliphatic rings. The molecule has 0 fully saturated rings. The number of rotatable bonds is 7. The van der Waals surface area contributed by atoms with Gasteiger partial charge in [-0.2, -0.15) is 0 Å². The highest BCUT2D eigenvalue weighted by Gasteiger charge is 2.24. The van der Waals surface area contributed by atoms with Gasteiger partial charge in [0.25, 0.3) is 0 Å². The lowest BCUT2D eigenvalue weighted by atomic mass is 10.1. The van der Waals surface area contributed by atoms with Gasteiger partial charge in [-0.25, -0.2) is 9.97 Å². The number of nitrogens with two attached hydrogens (primary N) is 1. The molecule has 3 rings (SSSR count). The summed E-state index contributed by atoms with van der Waals surface area (Å²) in [6.07, 6.45) is 6.73. The van der Waals surface area contributed by atoms with E-state index in [1.807, 2.05) is 32.2 Å². The number of halogens is 1. The molecule has 1 amide bonds. The van der Waals surface area contributed by atoms with Crippen LogP contribution in [-0.4, -0.2) is 48.9 Å². The number of nitrogens with one attached hydrogen (secondary N) is 1. The van der Waals surface area contributed by atoms with Gasteiger partial charge in [0.2, 0.25) is 5.91 Å². The molecule has 0 saturated carbocycles. The maximum absolute atomic E-state index is 12.9. The number of nitrogens with zero attached hydrogens (tertiary/aromatic N) is 6. The number of carbonyl (C=O) groups excluding carboxylic acids is 1. The number of anilines is 1. The lowest BCUT2D eigenvalue weighted by Gasteiger charge is -2.23. The molecule has 0 aromatic carbocycles. The number of aromatic nitrogens is 6. The molecule has 1 unspecified atom stereocenters. The van der Waals surface area contributed by atoms with Crippen molar-refractivity contribution in [1.82, 2.24) is 29.9 Å². The van der Waals surface area contributed by atoms with E-state index in [9.17, 15) is 4.79 Å². The quantitative estimate of drug-likeness (QED) is 0.632. The van der Waals surface area contributed by atoms with Crippen LogP contribution in [0.4, 0.5) is 5.82 Å². The highest BCUT2D eigenvalue weighted by Crippen LogP contribution is 2.24. The smallest absolute Gasteiger partial charge is 0.236 e. The summed E-state index contributed by atoms with van der Waals surface area (Å²) in [5.41, 5.74) is 7.88. The van der Waals surface area contributed by atoms with Gasteiger partial charge in [-0.05, 0) is 26.0 Å². The summed E-state index contributed by atoms with van der Waals surface area (Å²) in [5.74, 6) is 0.191. The number of hydrogen-bond donors (Lipinski definition) is 2. The molecule has 27 heavy (non-hydrogen) atoms. The van der Waals surface area contributed by atoms with E-state index < -0.39 is 0 Å². The van der Waals surface area contributed by atoms with Gasteiger partial charge in [0.05, 0.1) is 25.0 Å². The minimum atomic E-state index is -0.340. The molecule has 1 atom stereocenters. The molecule has 0 spiro atoms. The largest absolute Gasteiger partial charge is 0.348 e. The van der Waals surface area contributed by atoms with Crippen molar-refractivity contribution in [2.75, 3.05) is 18.0 Å². The van der Waals surface area contributed by atoms with Crippen molar-refractivity contribution in [3.63, 3.8) is 0 Å². The van der Waals surface area contributed by atoms with Crippen molar-refractivity contribution in [2.24, 2.45) is 5.73 Å². The van der Waals surface area contributed by atoms with E-state index in [2.05, 4.69) is 25.3 Å². The Balaban J connectivity index is 0.00000261. The number of aromatic amines is 1. The normalized spacial score (nSPS) is 11.7. The Bertz CT molecular complexity index is 863. The average Bonchev–Trinajstić information content (AvgIpc) is 3.34. The van der Waals surface area contributed by atoms with Crippen LogP contribution in [-0.2, 0) is 11.3 Å². The van der Waals surface area contributed by atoms with E-state index in [1.165, 1.54) is 0 Å². The van der Waals surface area contributed by atoms with Crippen molar-refractivity contribution in [1.29, 1.82) is 0 Å². The molecule has 3 heterocycles. The molecule has 0 radical (unpaired) electrons. The third-order valence-electron chi connectivity index (χ3n) is 4.15. The Kier molecular flexibility index (Phi) is 7.03. The Hall–Kier alpha value is -2.78. The second kappa shape index (κ2) is 9.24. The highest BCUT2D eigenvalue weighted by atomic mass is 35.5. The van der Waals surface area contributed by atoms with E-state index >= 15 is 0 Å². The van der Waals surface area contributed by atoms with E-state index in [4.69, 9.17) is 5.73 Å². The Labute approximate surface area is 163 Å². The molecule has 10 heteroatoms. The zero-order valence-corrected chi connectivity index (χ0v) is 16.1. The van der Waals surface area contributed by atoms with Crippen LogP contribution in [0.2, 0.25) is 0 Å². The van der Waals surface area contributed by atoms with E-state index in [1.54, 1.807) is 28.3 Å². The van der Waals surface area contributed by atoms with Crippen LogP contribution in [0.25, 0.3) is 11.3 Å². The predicted octanol–water partition coefficient (Wildman–Crippen LogP) is 1.60. The van der Waals surface area contributed by atoms with Crippen molar-refractivity contribution >= 4 is 24.1 Å². The molecule has 144 valence electrons. The second-order valence-corrected chi connectivity index (χ2v) is 5.87.